The molecule has 1 aliphatic heterocycles. The van der Waals surface area contributed by atoms with Crippen molar-refractivity contribution >= 4 is 21.8 Å². The van der Waals surface area contributed by atoms with E-state index in [2.05, 4.69) is 5.32 Å². The van der Waals surface area contributed by atoms with Gasteiger partial charge in [-0.1, -0.05) is 36.4 Å². The molecule has 0 spiro atoms. The molecule has 1 fully saturated rings. The lowest BCUT2D eigenvalue weighted by Gasteiger charge is -2.34. The van der Waals surface area contributed by atoms with Crippen LogP contribution in [0.4, 0.5) is 5.69 Å². The van der Waals surface area contributed by atoms with Crippen LogP contribution < -0.4 is 10.1 Å². The Morgan fingerprint density at radius 2 is 1.81 bits per heavy atom. The Labute approximate surface area is 159 Å². The summed E-state index contributed by atoms with van der Waals surface area (Å²) in [6, 6.07) is 16.4. The Hall–Kier alpha value is -2.42. The molecule has 2 aromatic rings. The zero-order chi connectivity index (χ0) is 19.3. The highest BCUT2D eigenvalue weighted by atomic mass is 32.2. The van der Waals surface area contributed by atoms with Crippen LogP contribution in [0.3, 0.4) is 0 Å². The molecule has 8 heteroatoms. The van der Waals surface area contributed by atoms with E-state index in [0.717, 1.165) is 5.56 Å². The molecule has 27 heavy (non-hydrogen) atoms. The minimum atomic E-state index is -3.68. The number of methoxy groups -OCH3 is 1. The van der Waals surface area contributed by atoms with Crippen LogP contribution in [-0.4, -0.2) is 49.7 Å². The number of ether oxygens (including phenoxy) is 1. The second-order valence-corrected chi connectivity index (χ2v) is 8.22. The highest BCUT2D eigenvalue weighted by Crippen LogP contribution is 2.20. The van der Waals surface area contributed by atoms with Crippen molar-refractivity contribution in [1.82, 2.24) is 8.61 Å². The lowest BCUT2D eigenvalue weighted by Crippen LogP contribution is -2.51. The molecular formula is C19H23N3O4S. The quantitative estimate of drug-likeness (QED) is 0.821. The smallest absolute Gasteiger partial charge is 0.282 e. The molecule has 3 rings (SSSR count). The van der Waals surface area contributed by atoms with E-state index in [1.165, 1.54) is 8.61 Å². The lowest BCUT2D eigenvalue weighted by molar-refractivity contribution is -0.116. The van der Waals surface area contributed by atoms with Gasteiger partial charge in [-0.15, -0.1) is 0 Å². The lowest BCUT2D eigenvalue weighted by atomic mass is 10.2. The van der Waals surface area contributed by atoms with Crippen LogP contribution in [0.1, 0.15) is 12.0 Å². The predicted molar refractivity (Wildman–Crippen MR) is 104 cm³/mol. The third-order valence-electron chi connectivity index (χ3n) is 4.34. The first kappa shape index (κ1) is 19.3. The van der Waals surface area contributed by atoms with Crippen LogP contribution in [0.15, 0.2) is 54.6 Å². The number of carbonyl (C=O) groups is 1. The number of amides is 1. The van der Waals surface area contributed by atoms with E-state index < -0.39 is 10.2 Å². The minimum absolute atomic E-state index is 0.217. The summed E-state index contributed by atoms with van der Waals surface area (Å²) in [5.74, 6) is 0.237. The van der Waals surface area contributed by atoms with Gasteiger partial charge >= 0.3 is 0 Å². The Kier molecular flexibility index (Phi) is 6.10. The van der Waals surface area contributed by atoms with Crippen LogP contribution in [0.5, 0.6) is 5.75 Å². The summed E-state index contributed by atoms with van der Waals surface area (Å²) in [5.41, 5.74) is 1.48. The topological polar surface area (TPSA) is 79.0 Å². The Morgan fingerprint density at radius 3 is 2.56 bits per heavy atom. The molecule has 7 nitrogen and oxygen atoms in total. The van der Waals surface area contributed by atoms with Gasteiger partial charge in [-0.25, -0.2) is 0 Å². The Bertz CT molecular complexity index is 887. The first-order valence-electron chi connectivity index (χ1n) is 8.72. The fourth-order valence-electron chi connectivity index (χ4n) is 2.99. The molecule has 0 saturated carbocycles. The van der Waals surface area contributed by atoms with Gasteiger partial charge in [0.05, 0.1) is 13.7 Å². The molecule has 0 unspecified atom stereocenters. The molecular weight excluding hydrogens is 366 g/mol. The summed E-state index contributed by atoms with van der Waals surface area (Å²) in [6.07, 6.45) is 0.679. The zero-order valence-electron chi connectivity index (χ0n) is 15.2. The van der Waals surface area contributed by atoms with E-state index in [9.17, 15) is 13.2 Å². The second kappa shape index (κ2) is 8.51. The molecule has 0 atom stereocenters. The first-order chi connectivity index (χ1) is 13.0. The third kappa shape index (κ3) is 4.85. The summed E-state index contributed by atoms with van der Waals surface area (Å²) in [6.45, 7) is 0.867. The number of hydrogen-bond acceptors (Lipinski definition) is 4. The minimum Gasteiger partial charge on any atom is -0.497 e. The average molecular weight is 389 g/mol. The van der Waals surface area contributed by atoms with Gasteiger partial charge < -0.3 is 10.1 Å². The van der Waals surface area contributed by atoms with Gasteiger partial charge in [0, 0.05) is 31.4 Å². The number of benzene rings is 2. The van der Waals surface area contributed by atoms with Crippen molar-refractivity contribution < 1.29 is 17.9 Å². The zero-order valence-corrected chi connectivity index (χ0v) is 16.0. The Balaban J connectivity index is 1.65. The second-order valence-electron chi connectivity index (χ2n) is 6.29. The molecule has 1 aliphatic rings. The number of carbonyl (C=O) groups excluding carboxylic acids is 1. The van der Waals surface area contributed by atoms with Gasteiger partial charge in [-0.2, -0.15) is 17.0 Å². The normalized spacial score (nSPS) is 17.4. The summed E-state index contributed by atoms with van der Waals surface area (Å²) in [5, 5.41) is 2.72. The summed E-state index contributed by atoms with van der Waals surface area (Å²) in [7, 11) is -2.14. The van der Waals surface area contributed by atoms with Crippen LogP contribution in [0, 0.1) is 0 Å². The molecule has 0 aliphatic carbocycles. The fraction of sp³-hybridized carbons (Fsp3) is 0.316. The molecule has 0 radical (unpaired) electrons. The maximum Gasteiger partial charge on any atom is 0.282 e. The van der Waals surface area contributed by atoms with Gasteiger partial charge in [-0.05, 0) is 24.1 Å². The first-order valence-corrected chi connectivity index (χ1v) is 10.1. The van der Waals surface area contributed by atoms with Gasteiger partial charge in [0.15, 0.2) is 0 Å². The van der Waals surface area contributed by atoms with Crippen molar-refractivity contribution in [3.8, 4) is 5.75 Å². The monoisotopic (exact) mass is 389 g/mol. The van der Waals surface area contributed by atoms with E-state index in [-0.39, 0.29) is 12.5 Å². The average Bonchev–Trinajstić information content (AvgIpc) is 2.66. The number of nitrogens with zero attached hydrogens (tertiary/aromatic N) is 2. The molecule has 2 aromatic carbocycles. The standard InChI is InChI=1S/C19H23N3O4S/c1-26-18-10-5-9-17(13-18)20-19(23)15-22-12-6-11-21(27(22,24)25)14-16-7-3-2-4-8-16/h2-5,7-10,13H,6,11-12,14-15H2,1H3,(H,20,23). The SMILES string of the molecule is COc1cccc(NC(=O)CN2CCCN(Cc3ccccc3)S2(=O)=O)c1. The van der Waals surface area contributed by atoms with E-state index in [1.54, 1.807) is 31.4 Å². The highest BCUT2D eigenvalue weighted by molar-refractivity contribution is 7.86. The molecule has 1 saturated heterocycles. The van der Waals surface area contributed by atoms with Crippen LogP contribution in [0.2, 0.25) is 0 Å². The maximum absolute atomic E-state index is 12.9. The number of hydrogen-bond donors (Lipinski definition) is 1. The van der Waals surface area contributed by atoms with E-state index >= 15 is 0 Å². The van der Waals surface area contributed by atoms with Crippen molar-refractivity contribution in [2.45, 2.75) is 13.0 Å². The molecule has 1 amide bonds. The van der Waals surface area contributed by atoms with Crippen molar-refractivity contribution in [1.29, 1.82) is 0 Å². The third-order valence-corrected chi connectivity index (χ3v) is 6.27. The van der Waals surface area contributed by atoms with Gasteiger partial charge in [0.2, 0.25) is 5.91 Å². The van der Waals surface area contributed by atoms with Crippen molar-refractivity contribution in [3.63, 3.8) is 0 Å². The van der Waals surface area contributed by atoms with E-state index in [1.807, 2.05) is 30.3 Å². The fourth-order valence-corrected chi connectivity index (χ4v) is 4.63. The summed E-state index contributed by atoms with van der Waals surface area (Å²) < 4.78 is 33.5. The maximum atomic E-state index is 12.9. The summed E-state index contributed by atoms with van der Waals surface area (Å²) >= 11 is 0. The van der Waals surface area contributed by atoms with Crippen LogP contribution in [0.25, 0.3) is 0 Å². The van der Waals surface area contributed by atoms with Crippen molar-refractivity contribution in [2.24, 2.45) is 0 Å². The predicted octanol–water partition coefficient (Wildman–Crippen LogP) is 2.09. The van der Waals surface area contributed by atoms with Gasteiger partial charge in [0.25, 0.3) is 10.2 Å². The highest BCUT2D eigenvalue weighted by Gasteiger charge is 2.34. The molecule has 1 N–H and O–H groups in total. The number of anilines is 1. The van der Waals surface area contributed by atoms with Crippen molar-refractivity contribution in [3.05, 3.63) is 60.2 Å². The Morgan fingerprint density at radius 1 is 1.07 bits per heavy atom. The van der Waals surface area contributed by atoms with Crippen molar-refractivity contribution in [2.75, 3.05) is 32.1 Å². The molecule has 0 bridgehead atoms. The van der Waals surface area contributed by atoms with Crippen LogP contribution in [-0.2, 0) is 21.5 Å². The van der Waals surface area contributed by atoms with E-state index in [4.69, 9.17) is 4.74 Å². The van der Waals surface area contributed by atoms with Crippen LogP contribution >= 0.6 is 0 Å². The largest absolute Gasteiger partial charge is 0.497 e. The summed E-state index contributed by atoms with van der Waals surface area (Å²) in [4.78, 5) is 12.4. The van der Waals surface area contributed by atoms with Gasteiger partial charge in [0.1, 0.15) is 5.75 Å². The number of nitrogens with one attached hydrogen (secondary N) is 1. The van der Waals surface area contributed by atoms with Gasteiger partial charge in [-0.3, -0.25) is 4.79 Å². The molecule has 0 aromatic heterocycles. The van der Waals surface area contributed by atoms with E-state index in [0.29, 0.717) is 37.5 Å². The number of rotatable bonds is 6. The molecule has 144 valence electrons. The molecule has 1 heterocycles.